The molecule has 0 N–H and O–H groups in total. The van der Waals surface area contributed by atoms with E-state index >= 15 is 0 Å². The van der Waals surface area contributed by atoms with Crippen LogP contribution >= 0.6 is 0 Å². The van der Waals surface area contributed by atoms with Gasteiger partial charge in [0.2, 0.25) is 0 Å². The first-order valence-electron chi connectivity index (χ1n) is 6.37. The predicted molar refractivity (Wildman–Crippen MR) is 59.4 cm³/mol. The Balaban J connectivity index is 2.13. The molecule has 2 rings (SSSR count). The molecule has 1 spiro atoms. The van der Waals surface area contributed by atoms with E-state index in [0.29, 0.717) is 26.1 Å². The maximum atomic E-state index is 12.3. The van der Waals surface area contributed by atoms with Crippen LogP contribution in [0.4, 0.5) is 4.53 Å². The third kappa shape index (κ3) is 2.44. The van der Waals surface area contributed by atoms with Gasteiger partial charge in [-0.2, -0.15) is 0 Å². The van der Waals surface area contributed by atoms with Crippen molar-refractivity contribution in [2.24, 2.45) is 5.41 Å². The fourth-order valence-electron chi connectivity index (χ4n) is 2.68. The zero-order valence-electron chi connectivity index (χ0n) is 10.8. The second-order valence-electron chi connectivity index (χ2n) is 4.77. The molecule has 2 aliphatic rings. The van der Waals surface area contributed by atoms with Gasteiger partial charge >= 0.3 is 11.9 Å². The van der Waals surface area contributed by atoms with Gasteiger partial charge in [0.25, 0.3) is 0 Å². The number of carbonyl (C=O) groups is 2. The zero-order chi connectivity index (χ0) is 13.9. The maximum Gasteiger partial charge on any atom is 0.366 e. The molecule has 0 aromatic rings. The van der Waals surface area contributed by atoms with Crippen LogP contribution in [0.25, 0.3) is 0 Å². The molecule has 0 amide bonds. The number of carbonyl (C=O) groups excluding carboxylic acids is 2. The maximum absolute atomic E-state index is 12.3. The average Bonchev–Trinajstić information content (AvgIpc) is 2.88. The van der Waals surface area contributed by atoms with Gasteiger partial charge in [-0.25, -0.2) is 4.79 Å². The van der Waals surface area contributed by atoms with Gasteiger partial charge in [0.1, 0.15) is 0 Å². The molecule has 1 saturated heterocycles. The monoisotopic (exact) mass is 276 g/mol. The van der Waals surface area contributed by atoms with Crippen molar-refractivity contribution in [2.45, 2.75) is 38.4 Å². The molecule has 1 saturated carbocycles. The Hall–Kier alpha value is -1.21. The van der Waals surface area contributed by atoms with Crippen molar-refractivity contribution in [3.63, 3.8) is 0 Å². The van der Waals surface area contributed by atoms with Crippen LogP contribution < -0.4 is 0 Å². The van der Waals surface area contributed by atoms with Crippen LogP contribution in [0.1, 0.15) is 32.6 Å². The van der Waals surface area contributed by atoms with Gasteiger partial charge in [-0.15, -0.1) is 0 Å². The summed E-state index contributed by atoms with van der Waals surface area (Å²) in [5.41, 5.74) is -1.58. The molecule has 19 heavy (non-hydrogen) atoms. The molecule has 0 bridgehead atoms. The van der Waals surface area contributed by atoms with Crippen molar-refractivity contribution < 1.29 is 33.3 Å². The van der Waals surface area contributed by atoms with Crippen molar-refractivity contribution in [1.82, 2.24) is 0 Å². The number of hydrogen-bond acceptors (Lipinski definition) is 6. The lowest BCUT2D eigenvalue weighted by Gasteiger charge is -2.39. The Labute approximate surface area is 110 Å². The quantitative estimate of drug-likeness (QED) is 0.571. The summed E-state index contributed by atoms with van der Waals surface area (Å²) in [7, 11) is 0. The van der Waals surface area contributed by atoms with Crippen molar-refractivity contribution in [1.29, 1.82) is 0 Å². The fraction of sp³-hybridized carbons (Fsp3) is 0.833. The summed E-state index contributed by atoms with van der Waals surface area (Å²) in [6, 6.07) is 0. The van der Waals surface area contributed by atoms with Crippen molar-refractivity contribution in [3.8, 4) is 0 Å². The van der Waals surface area contributed by atoms with Crippen LogP contribution in [-0.2, 0) is 28.7 Å². The van der Waals surface area contributed by atoms with Crippen LogP contribution in [0.5, 0.6) is 0 Å². The Morgan fingerprint density at radius 3 is 2.16 bits per heavy atom. The minimum absolute atomic E-state index is 0.0919. The largest absolute Gasteiger partial charge is 0.465 e. The SMILES string of the molecule is CCOC(=O)C1(C(=O)OF)CCC2(CC1)OCCO2. The molecule has 0 aromatic carbocycles. The molecule has 1 heterocycles. The van der Waals surface area contributed by atoms with E-state index in [9.17, 15) is 14.1 Å². The van der Waals surface area contributed by atoms with E-state index in [4.69, 9.17) is 14.2 Å². The summed E-state index contributed by atoms with van der Waals surface area (Å²) in [5.74, 6) is -2.68. The van der Waals surface area contributed by atoms with E-state index in [-0.39, 0.29) is 19.4 Å². The summed E-state index contributed by atoms with van der Waals surface area (Å²) in [6.45, 7) is 2.72. The minimum Gasteiger partial charge on any atom is -0.465 e. The smallest absolute Gasteiger partial charge is 0.366 e. The average molecular weight is 276 g/mol. The number of rotatable bonds is 3. The van der Waals surface area contributed by atoms with Crippen LogP contribution in [0.2, 0.25) is 0 Å². The van der Waals surface area contributed by atoms with E-state index < -0.39 is 23.1 Å². The van der Waals surface area contributed by atoms with Crippen molar-refractivity contribution in [3.05, 3.63) is 0 Å². The third-order valence-corrected chi connectivity index (χ3v) is 3.81. The molecule has 0 unspecified atom stereocenters. The molecule has 0 atom stereocenters. The van der Waals surface area contributed by atoms with Gasteiger partial charge in [0.15, 0.2) is 11.2 Å². The first-order chi connectivity index (χ1) is 9.08. The number of esters is 1. The van der Waals surface area contributed by atoms with Crippen LogP contribution in [-0.4, -0.2) is 37.5 Å². The fourth-order valence-corrected chi connectivity index (χ4v) is 2.68. The van der Waals surface area contributed by atoms with Crippen LogP contribution in [0.15, 0.2) is 0 Å². The molecule has 1 aliphatic carbocycles. The van der Waals surface area contributed by atoms with E-state index in [1.54, 1.807) is 6.92 Å². The van der Waals surface area contributed by atoms with Crippen LogP contribution in [0, 0.1) is 5.41 Å². The molecular weight excluding hydrogens is 259 g/mol. The molecule has 0 aromatic heterocycles. The number of ether oxygens (including phenoxy) is 3. The summed E-state index contributed by atoms with van der Waals surface area (Å²) < 4.78 is 28.2. The van der Waals surface area contributed by atoms with Crippen molar-refractivity contribution in [2.75, 3.05) is 19.8 Å². The van der Waals surface area contributed by atoms with E-state index in [2.05, 4.69) is 4.94 Å². The Morgan fingerprint density at radius 2 is 1.68 bits per heavy atom. The molecule has 1 aliphatic heterocycles. The van der Waals surface area contributed by atoms with Crippen molar-refractivity contribution >= 4 is 11.9 Å². The predicted octanol–water partition coefficient (Wildman–Crippen LogP) is 1.28. The Bertz CT molecular complexity index is 353. The van der Waals surface area contributed by atoms with Gasteiger partial charge in [0.05, 0.1) is 19.8 Å². The standard InChI is InChI=1S/C12H17FO6/c1-2-16-9(14)11(10(15)19-13)3-5-12(6-4-11)17-7-8-18-12/h2-8H2,1H3. The summed E-state index contributed by atoms with van der Waals surface area (Å²) in [5, 5.41) is 0. The second-order valence-corrected chi connectivity index (χ2v) is 4.77. The lowest BCUT2D eigenvalue weighted by atomic mass is 9.72. The summed E-state index contributed by atoms with van der Waals surface area (Å²) >= 11 is 0. The normalized spacial score (nSPS) is 24.1. The lowest BCUT2D eigenvalue weighted by molar-refractivity contribution is -0.222. The van der Waals surface area contributed by atoms with E-state index in [1.165, 1.54) is 0 Å². The summed E-state index contributed by atoms with van der Waals surface area (Å²) in [4.78, 5) is 26.9. The molecular formula is C12H17FO6. The van der Waals surface area contributed by atoms with Gasteiger partial charge in [0, 0.05) is 17.4 Å². The first-order valence-corrected chi connectivity index (χ1v) is 6.37. The van der Waals surface area contributed by atoms with Crippen LogP contribution in [0.3, 0.4) is 0 Å². The van der Waals surface area contributed by atoms with Gasteiger partial charge in [-0.05, 0) is 19.8 Å². The molecule has 2 fully saturated rings. The molecule has 6 nitrogen and oxygen atoms in total. The Kier molecular flexibility index (Phi) is 4.05. The number of halogens is 1. The molecule has 7 heteroatoms. The zero-order valence-corrected chi connectivity index (χ0v) is 10.8. The van der Waals surface area contributed by atoms with Gasteiger partial charge < -0.3 is 14.2 Å². The summed E-state index contributed by atoms with van der Waals surface area (Å²) in [6.07, 6.45) is 0.852. The second kappa shape index (κ2) is 5.42. The van der Waals surface area contributed by atoms with E-state index in [1.807, 2.05) is 0 Å². The molecule has 0 radical (unpaired) electrons. The van der Waals surface area contributed by atoms with Gasteiger partial charge in [-0.1, -0.05) is 0 Å². The first kappa shape index (κ1) is 14.2. The third-order valence-electron chi connectivity index (χ3n) is 3.81. The lowest BCUT2D eigenvalue weighted by Crippen LogP contribution is -2.49. The van der Waals surface area contributed by atoms with E-state index in [0.717, 1.165) is 0 Å². The highest BCUT2D eigenvalue weighted by Crippen LogP contribution is 2.46. The molecule has 108 valence electrons. The minimum atomic E-state index is -1.58. The highest BCUT2D eigenvalue weighted by molar-refractivity contribution is 6.00. The Morgan fingerprint density at radius 1 is 1.11 bits per heavy atom. The topological polar surface area (TPSA) is 71.1 Å². The van der Waals surface area contributed by atoms with Gasteiger partial charge in [-0.3, -0.25) is 9.74 Å². The highest BCUT2D eigenvalue weighted by Gasteiger charge is 2.56. The highest BCUT2D eigenvalue weighted by atomic mass is 19.3. The number of hydrogen-bond donors (Lipinski definition) is 0.